The second-order valence-corrected chi connectivity index (χ2v) is 5.77. The lowest BCUT2D eigenvalue weighted by atomic mass is 10.1. The molecule has 0 heterocycles. The van der Waals surface area contributed by atoms with Crippen molar-refractivity contribution in [2.45, 2.75) is 4.90 Å². The topological polar surface area (TPSA) is 34.1 Å². The Balaban J connectivity index is 2.13. The third kappa shape index (κ3) is 3.72. The highest BCUT2D eigenvalue weighted by Crippen LogP contribution is 2.14. The van der Waals surface area contributed by atoms with Gasteiger partial charge in [-0.05, 0) is 30.3 Å². The zero-order valence-electron chi connectivity index (χ0n) is 9.81. The molecule has 2 rings (SSSR count). The van der Waals surface area contributed by atoms with E-state index in [-0.39, 0.29) is 11.5 Å². The molecule has 0 saturated heterocycles. The minimum atomic E-state index is -1.56. The van der Waals surface area contributed by atoms with Crippen molar-refractivity contribution in [3.63, 3.8) is 0 Å². The summed E-state index contributed by atoms with van der Waals surface area (Å²) >= 11 is 5.79. The van der Waals surface area contributed by atoms with E-state index in [9.17, 15) is 13.4 Å². The predicted octanol–water partition coefficient (Wildman–Crippen LogP) is 3.47. The number of benzene rings is 2. The largest absolute Gasteiger partial charge is 0.293 e. The van der Waals surface area contributed by atoms with Gasteiger partial charge < -0.3 is 0 Å². The first-order valence-electron chi connectivity index (χ1n) is 5.49. The number of rotatable bonds is 4. The zero-order chi connectivity index (χ0) is 13.8. The summed E-state index contributed by atoms with van der Waals surface area (Å²) in [5.41, 5.74) is 0.400. The van der Waals surface area contributed by atoms with Crippen molar-refractivity contribution in [2.24, 2.45) is 0 Å². The normalized spacial score (nSPS) is 12.1. The van der Waals surface area contributed by atoms with Gasteiger partial charge in [0.05, 0.1) is 16.6 Å². The van der Waals surface area contributed by atoms with E-state index in [1.165, 1.54) is 30.3 Å². The molecule has 0 amide bonds. The Labute approximate surface area is 117 Å². The van der Waals surface area contributed by atoms with E-state index in [2.05, 4.69) is 0 Å². The van der Waals surface area contributed by atoms with Gasteiger partial charge in [-0.1, -0.05) is 29.8 Å². The lowest BCUT2D eigenvalue weighted by Crippen LogP contribution is -2.11. The van der Waals surface area contributed by atoms with Gasteiger partial charge in [0.25, 0.3) is 0 Å². The average Bonchev–Trinajstić information content (AvgIpc) is 2.38. The van der Waals surface area contributed by atoms with E-state index >= 15 is 0 Å². The highest BCUT2D eigenvalue weighted by molar-refractivity contribution is 7.85. The van der Waals surface area contributed by atoms with Crippen LogP contribution in [-0.2, 0) is 10.8 Å². The Bertz CT molecular complexity index is 587. The molecule has 1 atom stereocenters. The van der Waals surface area contributed by atoms with E-state index in [1.54, 1.807) is 18.2 Å². The molecule has 2 nitrogen and oxygen atoms in total. The number of hydrogen-bond acceptors (Lipinski definition) is 2. The van der Waals surface area contributed by atoms with Crippen molar-refractivity contribution >= 4 is 28.2 Å². The van der Waals surface area contributed by atoms with Gasteiger partial charge in [-0.25, -0.2) is 4.39 Å². The molecule has 0 aliphatic heterocycles. The van der Waals surface area contributed by atoms with Crippen molar-refractivity contribution in [3.8, 4) is 0 Å². The highest BCUT2D eigenvalue weighted by Gasteiger charge is 2.13. The second kappa shape index (κ2) is 6.08. The highest BCUT2D eigenvalue weighted by atomic mass is 35.5. The molecule has 2 aromatic rings. The molecule has 0 aliphatic rings. The first kappa shape index (κ1) is 13.9. The van der Waals surface area contributed by atoms with Crippen LogP contribution in [0.2, 0.25) is 5.02 Å². The minimum Gasteiger partial charge on any atom is -0.293 e. The fourth-order valence-electron chi connectivity index (χ4n) is 1.56. The maximum atomic E-state index is 13.0. The van der Waals surface area contributed by atoms with Crippen molar-refractivity contribution in [1.82, 2.24) is 0 Å². The van der Waals surface area contributed by atoms with Crippen LogP contribution < -0.4 is 0 Å². The molecule has 19 heavy (non-hydrogen) atoms. The zero-order valence-corrected chi connectivity index (χ0v) is 11.4. The fraction of sp³-hybridized carbons (Fsp3) is 0.0714. The molecule has 0 spiro atoms. The van der Waals surface area contributed by atoms with Crippen LogP contribution in [-0.4, -0.2) is 15.7 Å². The summed E-state index contributed by atoms with van der Waals surface area (Å²) in [6, 6.07) is 11.9. The molecule has 0 radical (unpaired) electrons. The molecule has 1 unspecified atom stereocenters. The van der Waals surface area contributed by atoms with Gasteiger partial charge in [0.2, 0.25) is 0 Å². The summed E-state index contributed by atoms with van der Waals surface area (Å²) < 4.78 is 25.0. The molecule has 0 saturated carbocycles. The van der Waals surface area contributed by atoms with Gasteiger partial charge in [0.1, 0.15) is 5.82 Å². The summed E-state index contributed by atoms with van der Waals surface area (Å²) in [5.74, 6) is -0.949. The van der Waals surface area contributed by atoms with E-state index in [0.717, 1.165) is 0 Å². The molecular weight excluding hydrogens is 287 g/mol. The minimum absolute atomic E-state index is 0.191. The van der Waals surface area contributed by atoms with Crippen LogP contribution in [0.4, 0.5) is 4.39 Å². The lowest BCUT2D eigenvalue weighted by Gasteiger charge is -2.03. The lowest BCUT2D eigenvalue weighted by molar-refractivity contribution is 0.102. The van der Waals surface area contributed by atoms with Gasteiger partial charge in [-0.15, -0.1) is 0 Å². The molecule has 0 N–H and O–H groups in total. The van der Waals surface area contributed by atoms with E-state index in [4.69, 9.17) is 11.6 Å². The van der Waals surface area contributed by atoms with Crippen LogP contribution in [0.1, 0.15) is 10.4 Å². The smallest absolute Gasteiger partial charge is 0.175 e. The first-order chi connectivity index (χ1) is 9.06. The number of ketones is 1. The number of hydrogen-bond donors (Lipinski definition) is 0. The fourth-order valence-corrected chi connectivity index (χ4v) is 2.79. The third-order valence-corrected chi connectivity index (χ3v) is 4.01. The summed E-state index contributed by atoms with van der Waals surface area (Å²) in [5, 5.41) is 0.447. The van der Waals surface area contributed by atoms with E-state index < -0.39 is 16.6 Å². The maximum Gasteiger partial charge on any atom is 0.175 e. The quantitative estimate of drug-likeness (QED) is 0.810. The van der Waals surface area contributed by atoms with Gasteiger partial charge in [-0.3, -0.25) is 9.00 Å². The predicted molar refractivity (Wildman–Crippen MR) is 73.5 cm³/mol. The van der Waals surface area contributed by atoms with Crippen LogP contribution in [0.3, 0.4) is 0 Å². The Kier molecular flexibility index (Phi) is 4.45. The van der Waals surface area contributed by atoms with Crippen molar-refractivity contribution in [1.29, 1.82) is 0 Å². The van der Waals surface area contributed by atoms with Gasteiger partial charge in [0, 0.05) is 15.5 Å². The Morgan fingerprint density at radius 3 is 2.58 bits per heavy atom. The van der Waals surface area contributed by atoms with E-state index in [0.29, 0.717) is 15.5 Å². The van der Waals surface area contributed by atoms with Crippen LogP contribution in [0.15, 0.2) is 53.4 Å². The van der Waals surface area contributed by atoms with Crippen LogP contribution in [0.25, 0.3) is 0 Å². The van der Waals surface area contributed by atoms with Crippen LogP contribution in [0, 0.1) is 5.82 Å². The number of halogens is 2. The van der Waals surface area contributed by atoms with Gasteiger partial charge in [-0.2, -0.15) is 0 Å². The summed E-state index contributed by atoms with van der Waals surface area (Å²) in [7, 11) is -1.56. The summed E-state index contributed by atoms with van der Waals surface area (Å²) in [4.78, 5) is 12.2. The van der Waals surface area contributed by atoms with Crippen molar-refractivity contribution < 1.29 is 13.4 Å². The molecule has 2 aromatic carbocycles. The second-order valence-electron chi connectivity index (χ2n) is 3.88. The molecule has 0 fully saturated rings. The third-order valence-electron chi connectivity index (χ3n) is 2.47. The average molecular weight is 297 g/mol. The van der Waals surface area contributed by atoms with Crippen LogP contribution in [0.5, 0.6) is 0 Å². The Morgan fingerprint density at radius 1 is 1.16 bits per heavy atom. The Morgan fingerprint density at radius 2 is 1.89 bits per heavy atom. The summed E-state index contributed by atoms with van der Waals surface area (Å²) in [6.45, 7) is 0. The summed E-state index contributed by atoms with van der Waals surface area (Å²) in [6.07, 6.45) is 0. The number of Topliss-reactive ketones (excluding diaryl/α,β-unsaturated/α-hetero) is 1. The standard InChI is InChI=1S/C14H10ClFO2S/c15-11-4-1-3-10(7-11)14(17)9-19(18)13-6-2-5-12(16)8-13/h1-8H,9H2. The molecular formula is C14H10ClFO2S. The van der Waals surface area contributed by atoms with Gasteiger partial charge >= 0.3 is 0 Å². The Hall–Kier alpha value is -1.52. The molecule has 0 aromatic heterocycles. The van der Waals surface area contributed by atoms with Crippen LogP contribution >= 0.6 is 11.6 Å². The number of carbonyl (C=O) groups is 1. The SMILES string of the molecule is O=C(CS(=O)c1cccc(F)c1)c1cccc(Cl)c1. The van der Waals surface area contributed by atoms with E-state index in [1.807, 2.05) is 0 Å². The first-order valence-corrected chi connectivity index (χ1v) is 7.18. The molecule has 0 bridgehead atoms. The molecule has 98 valence electrons. The maximum absolute atomic E-state index is 13.0. The molecule has 5 heteroatoms. The van der Waals surface area contributed by atoms with Crippen molar-refractivity contribution in [3.05, 3.63) is 64.9 Å². The molecule has 0 aliphatic carbocycles. The van der Waals surface area contributed by atoms with Gasteiger partial charge in [0.15, 0.2) is 5.78 Å². The monoisotopic (exact) mass is 296 g/mol. The number of carbonyl (C=O) groups excluding carboxylic acids is 1. The van der Waals surface area contributed by atoms with Crippen molar-refractivity contribution in [2.75, 3.05) is 5.75 Å².